The molecule has 120 valence electrons. The van der Waals surface area contributed by atoms with Crippen LogP contribution in [0.4, 0.5) is 0 Å². The summed E-state index contributed by atoms with van der Waals surface area (Å²) in [6.07, 6.45) is 5.74. The molecule has 0 unspecified atom stereocenters. The molecule has 0 aliphatic carbocycles. The molecule has 22 heavy (non-hydrogen) atoms. The molecule has 0 bridgehead atoms. The molecule has 3 heterocycles. The molecule has 2 saturated heterocycles. The van der Waals surface area contributed by atoms with Crippen LogP contribution in [0.5, 0.6) is 0 Å². The number of carbonyl (C=O) groups excluding carboxylic acids is 1. The number of carbonyl (C=O) groups is 1. The highest BCUT2D eigenvalue weighted by molar-refractivity contribution is 5.77. The van der Waals surface area contributed by atoms with Gasteiger partial charge in [-0.3, -0.25) is 9.78 Å². The van der Waals surface area contributed by atoms with E-state index in [1.54, 1.807) is 6.20 Å². The largest absolute Gasteiger partial charge is 0.395 e. The summed E-state index contributed by atoms with van der Waals surface area (Å²) in [5, 5.41) is 9.18. The second kappa shape index (κ2) is 6.75. The molecule has 0 aromatic carbocycles. The molecule has 0 saturated carbocycles. The van der Waals surface area contributed by atoms with Crippen molar-refractivity contribution in [2.24, 2.45) is 5.41 Å². The third-order valence-corrected chi connectivity index (χ3v) is 4.98. The first kappa shape index (κ1) is 15.4. The van der Waals surface area contributed by atoms with Gasteiger partial charge in [0.2, 0.25) is 5.91 Å². The summed E-state index contributed by atoms with van der Waals surface area (Å²) in [5.41, 5.74) is 1.16. The van der Waals surface area contributed by atoms with E-state index in [0.29, 0.717) is 13.0 Å². The molecule has 5 heteroatoms. The molecule has 2 fully saturated rings. The lowest BCUT2D eigenvalue weighted by Crippen LogP contribution is -2.54. The van der Waals surface area contributed by atoms with Crippen LogP contribution in [-0.4, -0.2) is 58.6 Å². The van der Waals surface area contributed by atoms with Gasteiger partial charge in [0.1, 0.15) is 0 Å². The SMILES string of the molecule is O=C1CC[C@]2(CCCN(CCO)C2)CN1Cc1ccccn1. The Morgan fingerprint density at radius 1 is 1.27 bits per heavy atom. The lowest BCUT2D eigenvalue weighted by Gasteiger charge is -2.48. The van der Waals surface area contributed by atoms with Crippen molar-refractivity contribution < 1.29 is 9.90 Å². The molecular formula is C17H25N3O2. The summed E-state index contributed by atoms with van der Waals surface area (Å²) in [7, 11) is 0. The Bertz CT molecular complexity index is 506. The highest BCUT2D eigenvalue weighted by Crippen LogP contribution is 2.39. The number of piperidine rings is 2. The Morgan fingerprint density at radius 2 is 2.18 bits per heavy atom. The van der Waals surface area contributed by atoms with E-state index in [1.807, 2.05) is 23.1 Å². The summed E-state index contributed by atoms with van der Waals surface area (Å²) in [6, 6.07) is 5.85. The van der Waals surface area contributed by atoms with Gasteiger partial charge in [-0.15, -0.1) is 0 Å². The first-order chi connectivity index (χ1) is 10.7. The van der Waals surface area contributed by atoms with Gasteiger partial charge in [-0.25, -0.2) is 0 Å². The van der Waals surface area contributed by atoms with E-state index in [9.17, 15) is 9.90 Å². The van der Waals surface area contributed by atoms with Gasteiger partial charge >= 0.3 is 0 Å². The topological polar surface area (TPSA) is 56.7 Å². The molecule has 1 atom stereocenters. The summed E-state index contributed by atoms with van der Waals surface area (Å²) >= 11 is 0. The molecular weight excluding hydrogens is 278 g/mol. The molecule has 2 aliphatic heterocycles. The van der Waals surface area contributed by atoms with Gasteiger partial charge in [0, 0.05) is 37.7 Å². The second-order valence-corrected chi connectivity index (χ2v) is 6.67. The van der Waals surface area contributed by atoms with Crippen molar-refractivity contribution in [2.75, 3.05) is 32.8 Å². The molecule has 0 radical (unpaired) electrons. The normalized spacial score (nSPS) is 26.6. The maximum Gasteiger partial charge on any atom is 0.222 e. The Morgan fingerprint density at radius 3 is 2.95 bits per heavy atom. The zero-order chi connectivity index (χ0) is 15.4. The monoisotopic (exact) mass is 303 g/mol. The highest BCUT2D eigenvalue weighted by Gasteiger charge is 2.41. The predicted molar refractivity (Wildman–Crippen MR) is 84.1 cm³/mol. The predicted octanol–water partition coefficient (Wildman–Crippen LogP) is 1.28. The van der Waals surface area contributed by atoms with Crippen LogP contribution in [0, 0.1) is 5.41 Å². The molecule has 1 aromatic heterocycles. The minimum Gasteiger partial charge on any atom is -0.395 e. The van der Waals surface area contributed by atoms with Crippen LogP contribution in [0.1, 0.15) is 31.4 Å². The molecule has 3 rings (SSSR count). The first-order valence-corrected chi connectivity index (χ1v) is 8.22. The Hall–Kier alpha value is -1.46. The van der Waals surface area contributed by atoms with Crippen LogP contribution in [0.2, 0.25) is 0 Å². The number of amides is 1. The quantitative estimate of drug-likeness (QED) is 0.910. The Kier molecular flexibility index (Phi) is 4.74. The Labute approximate surface area is 131 Å². The number of likely N-dealkylation sites (tertiary alicyclic amines) is 2. The molecule has 1 N–H and O–H groups in total. The number of hydrogen-bond donors (Lipinski definition) is 1. The second-order valence-electron chi connectivity index (χ2n) is 6.67. The van der Waals surface area contributed by atoms with E-state index >= 15 is 0 Å². The number of hydrogen-bond acceptors (Lipinski definition) is 4. The number of rotatable bonds is 4. The Balaban J connectivity index is 1.68. The van der Waals surface area contributed by atoms with Crippen molar-refractivity contribution in [3.05, 3.63) is 30.1 Å². The first-order valence-electron chi connectivity index (χ1n) is 8.22. The highest BCUT2D eigenvalue weighted by atomic mass is 16.3. The van der Waals surface area contributed by atoms with Crippen LogP contribution in [0.25, 0.3) is 0 Å². The molecule has 1 aromatic rings. The minimum atomic E-state index is 0.204. The van der Waals surface area contributed by atoms with Crippen LogP contribution in [0.15, 0.2) is 24.4 Å². The lowest BCUT2D eigenvalue weighted by molar-refractivity contribution is -0.140. The van der Waals surface area contributed by atoms with E-state index in [4.69, 9.17) is 0 Å². The molecule has 1 amide bonds. The van der Waals surface area contributed by atoms with Crippen LogP contribution < -0.4 is 0 Å². The van der Waals surface area contributed by atoms with E-state index in [0.717, 1.165) is 44.7 Å². The van der Waals surface area contributed by atoms with Crippen molar-refractivity contribution in [1.82, 2.24) is 14.8 Å². The minimum absolute atomic E-state index is 0.204. The smallest absolute Gasteiger partial charge is 0.222 e. The third kappa shape index (κ3) is 3.47. The van der Waals surface area contributed by atoms with Gasteiger partial charge in [0.15, 0.2) is 0 Å². The van der Waals surface area contributed by atoms with E-state index in [2.05, 4.69) is 9.88 Å². The fraction of sp³-hybridized carbons (Fsp3) is 0.647. The number of aliphatic hydroxyl groups is 1. The number of aliphatic hydroxyl groups excluding tert-OH is 1. The maximum absolute atomic E-state index is 12.3. The van der Waals surface area contributed by atoms with Crippen molar-refractivity contribution in [2.45, 2.75) is 32.2 Å². The summed E-state index contributed by atoms with van der Waals surface area (Å²) in [4.78, 5) is 21.0. The third-order valence-electron chi connectivity index (χ3n) is 4.98. The summed E-state index contributed by atoms with van der Waals surface area (Å²) in [5.74, 6) is 0.246. The van der Waals surface area contributed by atoms with E-state index in [-0.39, 0.29) is 17.9 Å². The van der Waals surface area contributed by atoms with Crippen molar-refractivity contribution in [1.29, 1.82) is 0 Å². The molecule has 2 aliphatic rings. The maximum atomic E-state index is 12.3. The van der Waals surface area contributed by atoms with Gasteiger partial charge < -0.3 is 14.9 Å². The van der Waals surface area contributed by atoms with Gasteiger partial charge in [-0.05, 0) is 37.9 Å². The fourth-order valence-corrected chi connectivity index (χ4v) is 3.91. The van der Waals surface area contributed by atoms with Crippen LogP contribution >= 0.6 is 0 Å². The van der Waals surface area contributed by atoms with E-state index in [1.165, 1.54) is 6.42 Å². The van der Waals surface area contributed by atoms with Crippen molar-refractivity contribution >= 4 is 5.91 Å². The summed E-state index contributed by atoms with van der Waals surface area (Å²) < 4.78 is 0. The number of nitrogens with zero attached hydrogens (tertiary/aromatic N) is 3. The van der Waals surface area contributed by atoms with Crippen molar-refractivity contribution in [3.8, 4) is 0 Å². The molecule has 1 spiro atoms. The van der Waals surface area contributed by atoms with Crippen molar-refractivity contribution in [3.63, 3.8) is 0 Å². The lowest BCUT2D eigenvalue weighted by atomic mass is 9.73. The van der Waals surface area contributed by atoms with Gasteiger partial charge in [0.05, 0.1) is 18.8 Å². The van der Waals surface area contributed by atoms with Crippen LogP contribution in [0.3, 0.4) is 0 Å². The average molecular weight is 303 g/mol. The zero-order valence-corrected chi connectivity index (χ0v) is 13.1. The standard InChI is InChI=1S/C17H25N3O2/c21-11-10-19-9-3-6-17(13-19)7-5-16(22)20(14-17)12-15-4-1-2-8-18-15/h1-2,4,8,21H,3,5-7,9-14H2/t17-/m0/s1. The number of pyridine rings is 1. The fourth-order valence-electron chi connectivity index (χ4n) is 3.91. The van der Waals surface area contributed by atoms with E-state index < -0.39 is 0 Å². The number of β-amino-alcohol motifs (C(OH)–C–C–N with tert-alkyl or cyclic N) is 1. The van der Waals surface area contributed by atoms with Gasteiger partial charge in [0.25, 0.3) is 0 Å². The summed E-state index contributed by atoms with van der Waals surface area (Å²) in [6.45, 7) is 4.46. The van der Waals surface area contributed by atoms with Gasteiger partial charge in [-0.1, -0.05) is 6.07 Å². The average Bonchev–Trinajstić information content (AvgIpc) is 2.53. The zero-order valence-electron chi connectivity index (χ0n) is 13.1. The molecule has 5 nitrogen and oxygen atoms in total. The number of aromatic nitrogens is 1. The van der Waals surface area contributed by atoms with Crippen LogP contribution in [-0.2, 0) is 11.3 Å². The van der Waals surface area contributed by atoms with Gasteiger partial charge in [-0.2, -0.15) is 0 Å².